The first-order chi connectivity index (χ1) is 15.0. The second kappa shape index (κ2) is 10.5. The van der Waals surface area contributed by atoms with Gasteiger partial charge in [0.1, 0.15) is 0 Å². The fourth-order valence-corrected chi connectivity index (χ4v) is 6.33. The molecule has 0 unspecified atom stereocenters. The Morgan fingerprint density at radius 2 is 1.65 bits per heavy atom. The fraction of sp³-hybridized carbons (Fsp3) is 0.960. The quantitative estimate of drug-likeness (QED) is 0.665. The van der Waals surface area contributed by atoms with Crippen LogP contribution in [0.3, 0.4) is 0 Å². The molecule has 0 aromatic carbocycles. The van der Waals surface area contributed by atoms with Crippen molar-refractivity contribution in [2.45, 2.75) is 83.4 Å². The van der Waals surface area contributed by atoms with Crippen molar-refractivity contribution in [3.8, 4) is 0 Å². The van der Waals surface area contributed by atoms with Gasteiger partial charge in [-0.05, 0) is 77.9 Å². The van der Waals surface area contributed by atoms with E-state index in [1.165, 1.54) is 45.4 Å². The molecular formula is C25H46N4O2. The molecule has 0 aromatic heterocycles. The summed E-state index contributed by atoms with van der Waals surface area (Å²) in [6.45, 7) is 17.8. The topological polar surface area (TPSA) is 39.3 Å². The van der Waals surface area contributed by atoms with E-state index in [0.29, 0.717) is 23.9 Å². The molecule has 0 saturated carbocycles. The van der Waals surface area contributed by atoms with E-state index >= 15 is 0 Å². The van der Waals surface area contributed by atoms with Gasteiger partial charge in [0, 0.05) is 64.4 Å². The summed E-state index contributed by atoms with van der Waals surface area (Å²) < 4.78 is 6.41. The van der Waals surface area contributed by atoms with Crippen molar-refractivity contribution >= 4 is 5.91 Å². The second-order valence-corrected chi connectivity index (χ2v) is 10.8. The minimum Gasteiger partial charge on any atom is -0.375 e. The van der Waals surface area contributed by atoms with Crippen LogP contribution >= 0.6 is 0 Å². The molecule has 1 atom stereocenters. The molecule has 0 bridgehead atoms. The number of ether oxygens (including phenoxy) is 1. The molecule has 4 heterocycles. The third-order valence-corrected chi connectivity index (χ3v) is 8.71. The van der Waals surface area contributed by atoms with Crippen molar-refractivity contribution in [2.24, 2.45) is 5.92 Å². The molecule has 6 nitrogen and oxygen atoms in total. The van der Waals surface area contributed by atoms with Gasteiger partial charge in [-0.3, -0.25) is 14.6 Å². The Bertz CT molecular complexity index is 574. The predicted molar refractivity (Wildman–Crippen MR) is 125 cm³/mol. The molecule has 4 aliphatic heterocycles. The second-order valence-electron chi connectivity index (χ2n) is 10.8. The van der Waals surface area contributed by atoms with E-state index in [-0.39, 0.29) is 5.60 Å². The summed E-state index contributed by atoms with van der Waals surface area (Å²) in [6.07, 6.45) is 7.51. The molecule has 0 radical (unpaired) electrons. The Hall–Kier alpha value is -0.690. The lowest BCUT2D eigenvalue weighted by Gasteiger charge is -2.50. The Morgan fingerprint density at radius 3 is 2.26 bits per heavy atom. The SMILES string of the molecule is CCN1CCC(CC(=O)N2CCC3(CC2)C[C@@H](N2CCN(C(C)C)CC2)CCO3)CC1. The van der Waals surface area contributed by atoms with Gasteiger partial charge in [-0.2, -0.15) is 0 Å². The van der Waals surface area contributed by atoms with Crippen LogP contribution in [0.5, 0.6) is 0 Å². The van der Waals surface area contributed by atoms with E-state index in [0.717, 1.165) is 65.0 Å². The fourth-order valence-electron chi connectivity index (χ4n) is 6.33. The van der Waals surface area contributed by atoms with Crippen LogP contribution in [0.25, 0.3) is 0 Å². The summed E-state index contributed by atoms with van der Waals surface area (Å²) in [4.78, 5) is 22.9. The number of hydrogen-bond donors (Lipinski definition) is 0. The van der Waals surface area contributed by atoms with Crippen molar-refractivity contribution in [3.63, 3.8) is 0 Å². The van der Waals surface area contributed by atoms with Crippen LogP contribution in [0.1, 0.15) is 65.7 Å². The predicted octanol–water partition coefficient (Wildman–Crippen LogP) is 2.67. The minimum atomic E-state index is 0.0152. The third kappa shape index (κ3) is 5.82. The average Bonchev–Trinajstić information content (AvgIpc) is 2.80. The van der Waals surface area contributed by atoms with Gasteiger partial charge in [-0.15, -0.1) is 0 Å². The van der Waals surface area contributed by atoms with Crippen molar-refractivity contribution in [1.82, 2.24) is 19.6 Å². The normalized spacial score (nSPS) is 29.7. The number of piperazine rings is 1. The van der Waals surface area contributed by atoms with Crippen LogP contribution in [0.4, 0.5) is 0 Å². The maximum atomic E-state index is 12.9. The summed E-state index contributed by atoms with van der Waals surface area (Å²) in [5.41, 5.74) is 0.0152. The van der Waals surface area contributed by atoms with E-state index in [9.17, 15) is 4.79 Å². The van der Waals surface area contributed by atoms with Gasteiger partial charge >= 0.3 is 0 Å². The summed E-state index contributed by atoms with van der Waals surface area (Å²) >= 11 is 0. The summed E-state index contributed by atoms with van der Waals surface area (Å²) in [6, 6.07) is 1.32. The lowest BCUT2D eigenvalue weighted by Crippen LogP contribution is -2.58. The largest absolute Gasteiger partial charge is 0.375 e. The molecular weight excluding hydrogens is 388 g/mol. The summed E-state index contributed by atoms with van der Waals surface area (Å²) in [5.74, 6) is 0.980. The number of amides is 1. The van der Waals surface area contributed by atoms with Crippen molar-refractivity contribution in [2.75, 3.05) is 65.5 Å². The summed E-state index contributed by atoms with van der Waals surface area (Å²) in [5, 5.41) is 0. The van der Waals surface area contributed by atoms with Gasteiger partial charge in [0.15, 0.2) is 0 Å². The van der Waals surface area contributed by atoms with E-state index < -0.39 is 0 Å². The molecule has 1 spiro atoms. The maximum Gasteiger partial charge on any atom is 0.222 e. The molecule has 0 aromatic rings. The lowest BCUT2D eigenvalue weighted by molar-refractivity contribution is -0.151. The van der Waals surface area contributed by atoms with Crippen molar-refractivity contribution in [3.05, 3.63) is 0 Å². The minimum absolute atomic E-state index is 0.0152. The number of rotatable bonds is 5. The van der Waals surface area contributed by atoms with Crippen LogP contribution < -0.4 is 0 Å². The molecule has 1 amide bonds. The molecule has 0 aliphatic carbocycles. The van der Waals surface area contributed by atoms with Gasteiger partial charge < -0.3 is 14.5 Å². The zero-order valence-electron chi connectivity index (χ0n) is 20.4. The van der Waals surface area contributed by atoms with Crippen LogP contribution in [-0.2, 0) is 9.53 Å². The maximum absolute atomic E-state index is 12.9. The third-order valence-electron chi connectivity index (χ3n) is 8.71. The Balaban J connectivity index is 1.22. The van der Waals surface area contributed by atoms with Crippen molar-refractivity contribution in [1.29, 1.82) is 0 Å². The van der Waals surface area contributed by atoms with Crippen molar-refractivity contribution < 1.29 is 9.53 Å². The van der Waals surface area contributed by atoms with Crippen LogP contribution in [0.2, 0.25) is 0 Å². The summed E-state index contributed by atoms with van der Waals surface area (Å²) in [7, 11) is 0. The zero-order valence-corrected chi connectivity index (χ0v) is 20.4. The lowest BCUT2D eigenvalue weighted by atomic mass is 9.81. The molecule has 6 heteroatoms. The van der Waals surface area contributed by atoms with Crippen LogP contribution in [0.15, 0.2) is 0 Å². The molecule has 4 aliphatic rings. The van der Waals surface area contributed by atoms with Gasteiger partial charge in [0.25, 0.3) is 0 Å². The Morgan fingerprint density at radius 1 is 0.968 bits per heavy atom. The highest BCUT2D eigenvalue weighted by Gasteiger charge is 2.43. The van der Waals surface area contributed by atoms with E-state index in [2.05, 4.69) is 40.4 Å². The van der Waals surface area contributed by atoms with Crippen LogP contribution in [-0.4, -0.2) is 109 Å². The molecule has 4 saturated heterocycles. The number of carbonyl (C=O) groups excluding carboxylic acids is 1. The van der Waals surface area contributed by atoms with Crippen LogP contribution in [0, 0.1) is 5.92 Å². The number of carbonyl (C=O) groups is 1. The molecule has 178 valence electrons. The van der Waals surface area contributed by atoms with Gasteiger partial charge in [0.05, 0.1) is 5.60 Å². The highest BCUT2D eigenvalue weighted by molar-refractivity contribution is 5.76. The zero-order chi connectivity index (χ0) is 21.8. The van der Waals surface area contributed by atoms with Gasteiger partial charge in [-0.1, -0.05) is 6.92 Å². The number of likely N-dealkylation sites (tertiary alicyclic amines) is 2. The van der Waals surface area contributed by atoms with E-state index in [1.54, 1.807) is 0 Å². The highest BCUT2D eigenvalue weighted by atomic mass is 16.5. The first-order valence-electron chi connectivity index (χ1n) is 13.1. The molecule has 0 N–H and O–H groups in total. The number of nitrogens with zero attached hydrogens (tertiary/aromatic N) is 4. The number of hydrogen-bond acceptors (Lipinski definition) is 5. The smallest absolute Gasteiger partial charge is 0.222 e. The first-order valence-corrected chi connectivity index (χ1v) is 13.1. The molecule has 4 rings (SSSR count). The standard InChI is InChI=1S/C25H46N4O2/c1-4-26-10-5-22(6-11-26)19-24(30)29-12-8-25(9-13-29)20-23(7-18-31-25)28-16-14-27(15-17-28)21(2)3/h21-23H,4-20H2,1-3H3/t23-/m0/s1. The highest BCUT2D eigenvalue weighted by Crippen LogP contribution is 2.37. The first kappa shape index (κ1) is 23.5. The Kier molecular flexibility index (Phi) is 7.95. The van der Waals surface area contributed by atoms with E-state index in [4.69, 9.17) is 4.74 Å². The van der Waals surface area contributed by atoms with Gasteiger partial charge in [-0.25, -0.2) is 0 Å². The molecule has 31 heavy (non-hydrogen) atoms. The monoisotopic (exact) mass is 434 g/mol. The van der Waals surface area contributed by atoms with Gasteiger partial charge in [0.2, 0.25) is 5.91 Å². The van der Waals surface area contributed by atoms with E-state index in [1.807, 2.05) is 0 Å². The molecule has 4 fully saturated rings. The average molecular weight is 435 g/mol. The Labute approximate surface area is 190 Å². The number of piperidine rings is 2.